The predicted octanol–water partition coefficient (Wildman–Crippen LogP) is 7.44. The van der Waals surface area contributed by atoms with Crippen molar-refractivity contribution < 1.29 is 19.1 Å². The number of benzene rings is 2. The van der Waals surface area contributed by atoms with E-state index >= 15 is 0 Å². The first kappa shape index (κ1) is 28.6. The normalized spacial score (nSPS) is 20.3. The van der Waals surface area contributed by atoms with Crippen LogP contribution in [0.5, 0.6) is 5.75 Å². The van der Waals surface area contributed by atoms with Gasteiger partial charge >= 0.3 is 0 Å². The number of nitrogens with zero attached hydrogens (tertiary/aromatic N) is 1. The van der Waals surface area contributed by atoms with Crippen LogP contribution in [0.3, 0.4) is 0 Å². The van der Waals surface area contributed by atoms with E-state index in [4.69, 9.17) is 16.3 Å². The van der Waals surface area contributed by atoms with Crippen molar-refractivity contribution in [3.8, 4) is 5.75 Å². The molecule has 1 N–H and O–H groups in total. The molecule has 0 aromatic heterocycles. The van der Waals surface area contributed by atoms with Crippen molar-refractivity contribution in [2.45, 2.75) is 59.3 Å². The highest BCUT2D eigenvalue weighted by atomic mass is 79.9. The summed E-state index contributed by atoms with van der Waals surface area (Å²) in [4.78, 5) is 42.5. The van der Waals surface area contributed by atoms with Gasteiger partial charge in [-0.05, 0) is 66.1 Å². The highest BCUT2D eigenvalue weighted by Crippen LogP contribution is 2.55. The van der Waals surface area contributed by atoms with Crippen LogP contribution in [0.4, 0.5) is 5.69 Å². The molecular formula is C32H34BrClN2O4. The molecule has 0 fully saturated rings. The number of allylic oxidation sites excluding steroid dienone is 4. The largest absolute Gasteiger partial charge is 0.483 e. The van der Waals surface area contributed by atoms with E-state index in [-0.39, 0.29) is 34.9 Å². The van der Waals surface area contributed by atoms with Crippen molar-refractivity contribution in [3.63, 3.8) is 0 Å². The molecule has 0 unspecified atom stereocenters. The molecule has 1 amide bonds. The van der Waals surface area contributed by atoms with Gasteiger partial charge in [0, 0.05) is 69.1 Å². The van der Waals surface area contributed by atoms with Crippen LogP contribution in [0.15, 0.2) is 69.5 Å². The van der Waals surface area contributed by atoms with Crippen LogP contribution >= 0.6 is 27.5 Å². The number of rotatable bonds is 5. The molecule has 0 saturated carbocycles. The van der Waals surface area contributed by atoms with Crippen molar-refractivity contribution in [1.82, 2.24) is 4.90 Å². The van der Waals surface area contributed by atoms with Crippen LogP contribution in [0.2, 0.25) is 5.02 Å². The Morgan fingerprint density at radius 3 is 2.05 bits per heavy atom. The predicted molar refractivity (Wildman–Crippen MR) is 160 cm³/mol. The summed E-state index contributed by atoms with van der Waals surface area (Å²) in [6.07, 6.45) is 2.29. The van der Waals surface area contributed by atoms with Gasteiger partial charge < -0.3 is 15.0 Å². The van der Waals surface area contributed by atoms with Crippen LogP contribution in [0.1, 0.15) is 64.9 Å². The average molecular weight is 626 g/mol. The average Bonchev–Trinajstić information content (AvgIpc) is 2.85. The minimum Gasteiger partial charge on any atom is -0.483 e. The second-order valence-corrected chi connectivity index (χ2v) is 14.0. The minimum absolute atomic E-state index is 0.0543. The number of ketones is 2. The van der Waals surface area contributed by atoms with Crippen LogP contribution in [0, 0.1) is 10.8 Å². The Hall–Kier alpha value is -2.90. The molecule has 0 atom stereocenters. The van der Waals surface area contributed by atoms with E-state index in [1.165, 1.54) is 0 Å². The van der Waals surface area contributed by atoms with E-state index in [0.717, 1.165) is 28.7 Å². The Balaban J connectivity index is 1.56. The molecule has 1 aliphatic heterocycles. The highest BCUT2D eigenvalue weighted by molar-refractivity contribution is 9.10. The zero-order valence-electron chi connectivity index (χ0n) is 23.5. The van der Waals surface area contributed by atoms with Gasteiger partial charge in [0.25, 0.3) is 5.91 Å². The molecule has 2 aromatic rings. The Morgan fingerprint density at radius 1 is 0.950 bits per heavy atom. The van der Waals surface area contributed by atoms with Gasteiger partial charge in [0.2, 0.25) is 0 Å². The number of hydrogen-bond donors (Lipinski definition) is 1. The topological polar surface area (TPSA) is 75.7 Å². The van der Waals surface area contributed by atoms with Crippen LogP contribution in [0.25, 0.3) is 0 Å². The summed E-state index contributed by atoms with van der Waals surface area (Å²) >= 11 is 9.54. The Labute approximate surface area is 248 Å². The number of hydrogen-bond acceptors (Lipinski definition) is 5. The van der Waals surface area contributed by atoms with E-state index in [2.05, 4.69) is 53.8 Å². The highest BCUT2D eigenvalue weighted by Gasteiger charge is 2.48. The summed E-state index contributed by atoms with van der Waals surface area (Å²) in [5.41, 5.74) is 4.24. The van der Waals surface area contributed by atoms with Crippen LogP contribution in [-0.2, 0) is 14.4 Å². The molecule has 0 saturated heterocycles. The van der Waals surface area contributed by atoms with Gasteiger partial charge in [0.15, 0.2) is 18.2 Å². The van der Waals surface area contributed by atoms with Gasteiger partial charge in [0.1, 0.15) is 5.75 Å². The number of nitrogens with one attached hydrogen (secondary N) is 1. The lowest BCUT2D eigenvalue weighted by Crippen LogP contribution is -2.43. The smallest absolute Gasteiger partial charge is 0.262 e. The summed E-state index contributed by atoms with van der Waals surface area (Å²) in [6, 6.07) is 12.4. The second-order valence-electron chi connectivity index (χ2n) is 12.6. The van der Waals surface area contributed by atoms with Gasteiger partial charge in [-0.2, -0.15) is 0 Å². The quantitative estimate of drug-likeness (QED) is 0.374. The summed E-state index contributed by atoms with van der Waals surface area (Å²) in [5.74, 6) is -0.305. The summed E-state index contributed by atoms with van der Waals surface area (Å²) in [7, 11) is 1.99. The number of amides is 1. The lowest BCUT2D eigenvalue weighted by atomic mass is 9.63. The fourth-order valence-corrected chi connectivity index (χ4v) is 6.73. The molecule has 0 spiro atoms. The molecule has 2 aliphatic carbocycles. The fraction of sp³-hybridized carbons (Fsp3) is 0.406. The third kappa shape index (κ3) is 5.64. The van der Waals surface area contributed by atoms with E-state index in [0.29, 0.717) is 46.0 Å². The first-order valence-electron chi connectivity index (χ1n) is 13.5. The SMILES string of the molecule is CN1C2=C(C(=O)CC(C)(C)C2)C(c2cc(Br)ccc2OCC(=O)Nc2ccc(Cl)cc2)C2=C1CC(C)(C)CC2=O. The number of carbonyl (C=O) groups excluding carboxylic acids is 3. The van der Waals surface area contributed by atoms with Gasteiger partial charge in [-0.15, -0.1) is 0 Å². The first-order chi connectivity index (χ1) is 18.7. The molecular weight excluding hydrogens is 592 g/mol. The Morgan fingerprint density at radius 2 is 1.50 bits per heavy atom. The van der Waals surface area contributed by atoms with E-state index in [9.17, 15) is 14.4 Å². The third-order valence-corrected chi connectivity index (χ3v) is 8.69. The van der Waals surface area contributed by atoms with E-state index in [1.54, 1.807) is 30.3 Å². The maximum atomic E-state index is 13.8. The maximum absolute atomic E-state index is 13.8. The molecule has 210 valence electrons. The number of carbonyl (C=O) groups is 3. The van der Waals surface area contributed by atoms with Crippen LogP contribution < -0.4 is 10.1 Å². The van der Waals surface area contributed by atoms with Crippen molar-refractivity contribution in [1.29, 1.82) is 0 Å². The van der Waals surface area contributed by atoms with E-state index in [1.807, 2.05) is 19.2 Å². The molecule has 3 aliphatic rings. The van der Waals surface area contributed by atoms with Gasteiger partial charge in [-0.1, -0.05) is 55.2 Å². The molecule has 0 bridgehead atoms. The molecule has 40 heavy (non-hydrogen) atoms. The standard InChI is InChI=1S/C32H34BrClN2O4/c1-31(2)13-22-29(24(37)15-31)28(30-23(36(22)5)14-32(3,4)16-25(30)38)21-12-18(33)6-11-26(21)40-17-27(39)35-20-9-7-19(34)8-10-20/h6-12,28H,13-17H2,1-5H3,(H,35,39). The number of Topliss-reactive ketones (excluding diaryl/α,β-unsaturated/α-hetero) is 2. The lowest BCUT2D eigenvalue weighted by Gasteiger charge is -2.48. The molecule has 5 rings (SSSR count). The summed E-state index contributed by atoms with van der Waals surface area (Å²) in [5, 5.41) is 3.39. The third-order valence-electron chi connectivity index (χ3n) is 7.95. The Bertz CT molecular complexity index is 1420. The second kappa shape index (κ2) is 10.5. The van der Waals surface area contributed by atoms with Crippen molar-refractivity contribution >= 4 is 50.7 Å². The zero-order chi connectivity index (χ0) is 29.0. The van der Waals surface area contributed by atoms with Crippen LogP contribution in [-0.4, -0.2) is 36.0 Å². The Kier molecular flexibility index (Phi) is 7.51. The summed E-state index contributed by atoms with van der Waals surface area (Å²) in [6.45, 7) is 8.23. The molecule has 6 nitrogen and oxygen atoms in total. The van der Waals surface area contributed by atoms with Crippen molar-refractivity contribution in [2.24, 2.45) is 10.8 Å². The number of halogens is 2. The maximum Gasteiger partial charge on any atom is 0.262 e. The van der Waals surface area contributed by atoms with Crippen molar-refractivity contribution in [2.75, 3.05) is 19.0 Å². The molecule has 2 aromatic carbocycles. The number of ether oxygens (including phenoxy) is 1. The zero-order valence-corrected chi connectivity index (χ0v) is 25.8. The lowest BCUT2D eigenvalue weighted by molar-refractivity contribution is -0.120. The monoisotopic (exact) mass is 624 g/mol. The minimum atomic E-state index is -0.555. The van der Waals surface area contributed by atoms with E-state index < -0.39 is 5.92 Å². The molecule has 0 radical (unpaired) electrons. The fourth-order valence-electron chi connectivity index (χ4n) is 6.23. The van der Waals surface area contributed by atoms with Gasteiger partial charge in [-0.25, -0.2) is 0 Å². The summed E-state index contributed by atoms with van der Waals surface area (Å²) < 4.78 is 6.90. The van der Waals surface area contributed by atoms with Crippen molar-refractivity contribution in [3.05, 3.63) is 80.1 Å². The molecule has 8 heteroatoms. The van der Waals surface area contributed by atoms with Gasteiger partial charge in [0.05, 0.1) is 0 Å². The van der Waals surface area contributed by atoms with Gasteiger partial charge in [-0.3, -0.25) is 14.4 Å². The number of anilines is 1. The molecule has 1 heterocycles. The first-order valence-corrected chi connectivity index (χ1v) is 14.7.